The number of rotatable bonds is 4. The molecule has 0 spiro atoms. The number of piperidine rings is 1. The maximum atomic E-state index is 11.8. The average molecular weight is 248 g/mol. The number of carbonyl (C=O) groups excluding carboxylic acids is 2. The predicted octanol–water partition coefficient (Wildman–Crippen LogP) is 1.56. The molecule has 1 atom stereocenters. The topological polar surface area (TPSA) is 46.6 Å². The summed E-state index contributed by atoms with van der Waals surface area (Å²) in [5.41, 5.74) is 0. The lowest BCUT2D eigenvalue weighted by Crippen LogP contribution is -2.48. The summed E-state index contributed by atoms with van der Waals surface area (Å²) in [6.07, 6.45) is 2.91. The minimum atomic E-state index is -0.399. The first-order valence-electron chi connectivity index (χ1n) is 5.72. The van der Waals surface area contributed by atoms with Crippen LogP contribution in [0.4, 0.5) is 0 Å². The minimum absolute atomic E-state index is 0.0484. The van der Waals surface area contributed by atoms with Crippen molar-refractivity contribution in [2.45, 2.75) is 38.6 Å². The fourth-order valence-corrected chi connectivity index (χ4v) is 2.10. The molecular formula is C11H18ClNO3. The van der Waals surface area contributed by atoms with Gasteiger partial charge in [0.1, 0.15) is 6.04 Å². The summed E-state index contributed by atoms with van der Waals surface area (Å²) in [4.78, 5) is 25.0. The van der Waals surface area contributed by atoms with Crippen LogP contribution in [-0.2, 0) is 14.3 Å². The smallest absolute Gasteiger partial charge is 0.328 e. The van der Waals surface area contributed by atoms with E-state index in [-0.39, 0.29) is 18.3 Å². The van der Waals surface area contributed by atoms with E-state index in [2.05, 4.69) is 0 Å². The first-order valence-corrected chi connectivity index (χ1v) is 6.26. The number of halogens is 1. The zero-order chi connectivity index (χ0) is 12.0. The molecule has 1 rings (SSSR count). The first kappa shape index (κ1) is 13.3. The van der Waals surface area contributed by atoms with E-state index in [9.17, 15) is 9.59 Å². The van der Waals surface area contributed by atoms with Crippen molar-refractivity contribution >= 4 is 23.5 Å². The lowest BCUT2D eigenvalue weighted by molar-refractivity contribution is -0.156. The Hall–Kier alpha value is -0.770. The second-order valence-electron chi connectivity index (χ2n) is 3.79. The Balaban J connectivity index is 2.63. The highest BCUT2D eigenvalue weighted by atomic mass is 35.5. The highest BCUT2D eigenvalue weighted by Gasteiger charge is 2.32. The van der Waals surface area contributed by atoms with E-state index in [0.717, 1.165) is 12.8 Å². The third-order valence-corrected chi connectivity index (χ3v) is 2.88. The third-order valence-electron chi connectivity index (χ3n) is 2.69. The summed E-state index contributed by atoms with van der Waals surface area (Å²) in [6.45, 7) is 2.76. The van der Waals surface area contributed by atoms with Gasteiger partial charge in [-0.1, -0.05) is 0 Å². The molecule has 1 heterocycles. The van der Waals surface area contributed by atoms with E-state index in [4.69, 9.17) is 16.3 Å². The normalized spacial score (nSPS) is 20.6. The maximum Gasteiger partial charge on any atom is 0.328 e. The van der Waals surface area contributed by atoms with E-state index in [1.165, 1.54) is 0 Å². The Morgan fingerprint density at radius 3 is 2.81 bits per heavy atom. The van der Waals surface area contributed by atoms with Gasteiger partial charge in [-0.15, -0.1) is 11.6 Å². The standard InChI is InChI=1S/C11H18ClNO3/c1-2-16-11(15)9-5-3-4-8-13(9)10(14)6-7-12/h9H,2-8H2,1H3. The van der Waals surface area contributed by atoms with Gasteiger partial charge in [0, 0.05) is 18.8 Å². The van der Waals surface area contributed by atoms with Crippen LogP contribution < -0.4 is 0 Å². The number of ether oxygens (including phenoxy) is 1. The van der Waals surface area contributed by atoms with Crippen molar-refractivity contribution in [2.75, 3.05) is 19.0 Å². The molecule has 1 fully saturated rings. The molecule has 0 aromatic rings. The third kappa shape index (κ3) is 3.37. The van der Waals surface area contributed by atoms with Gasteiger partial charge in [0.25, 0.3) is 0 Å². The summed E-state index contributed by atoms with van der Waals surface area (Å²) in [7, 11) is 0. The molecule has 0 aromatic carbocycles. The highest BCUT2D eigenvalue weighted by Crippen LogP contribution is 2.19. The van der Waals surface area contributed by atoms with Gasteiger partial charge in [0.2, 0.25) is 5.91 Å². The molecule has 5 heteroatoms. The van der Waals surface area contributed by atoms with Crippen LogP contribution in [0.1, 0.15) is 32.6 Å². The van der Waals surface area contributed by atoms with Crippen molar-refractivity contribution in [2.24, 2.45) is 0 Å². The van der Waals surface area contributed by atoms with Gasteiger partial charge in [0.15, 0.2) is 0 Å². The van der Waals surface area contributed by atoms with E-state index in [1.807, 2.05) is 0 Å². The number of nitrogens with zero attached hydrogens (tertiary/aromatic N) is 1. The van der Waals surface area contributed by atoms with Crippen molar-refractivity contribution in [1.29, 1.82) is 0 Å². The van der Waals surface area contributed by atoms with E-state index >= 15 is 0 Å². The van der Waals surface area contributed by atoms with Crippen molar-refractivity contribution in [3.8, 4) is 0 Å². The quantitative estimate of drug-likeness (QED) is 0.560. The minimum Gasteiger partial charge on any atom is -0.464 e. The van der Waals surface area contributed by atoms with Gasteiger partial charge in [-0.05, 0) is 26.2 Å². The molecule has 1 amide bonds. The Bertz CT molecular complexity index is 232. The molecule has 1 aliphatic heterocycles. The number of esters is 1. The summed E-state index contributed by atoms with van der Waals surface area (Å²) >= 11 is 5.54. The molecule has 0 bridgehead atoms. The summed E-state index contributed by atoms with van der Waals surface area (Å²) in [5.74, 6) is -0.0388. The summed E-state index contributed by atoms with van der Waals surface area (Å²) in [6, 6.07) is -0.399. The van der Waals surface area contributed by atoms with Crippen LogP contribution in [0.2, 0.25) is 0 Å². The zero-order valence-electron chi connectivity index (χ0n) is 9.58. The second-order valence-corrected chi connectivity index (χ2v) is 4.17. The molecule has 16 heavy (non-hydrogen) atoms. The monoisotopic (exact) mass is 247 g/mol. The summed E-state index contributed by atoms with van der Waals surface area (Å²) in [5, 5.41) is 0. The average Bonchev–Trinajstić information content (AvgIpc) is 2.30. The number of amides is 1. The SMILES string of the molecule is CCOC(=O)C1CCCCN1C(=O)CCCl. The second kappa shape index (κ2) is 6.74. The van der Waals surface area contributed by atoms with E-state index in [1.54, 1.807) is 11.8 Å². The predicted molar refractivity (Wildman–Crippen MR) is 61.3 cm³/mol. The zero-order valence-corrected chi connectivity index (χ0v) is 10.3. The molecule has 1 saturated heterocycles. The van der Waals surface area contributed by atoms with Crippen LogP contribution in [0, 0.1) is 0 Å². The molecule has 0 aliphatic carbocycles. The molecule has 92 valence electrons. The Morgan fingerprint density at radius 1 is 1.44 bits per heavy atom. The molecule has 0 N–H and O–H groups in total. The van der Waals surface area contributed by atoms with E-state index < -0.39 is 6.04 Å². The fraction of sp³-hybridized carbons (Fsp3) is 0.818. The molecule has 1 unspecified atom stereocenters. The van der Waals surface area contributed by atoms with Crippen LogP contribution in [0.15, 0.2) is 0 Å². The number of alkyl halides is 1. The van der Waals surface area contributed by atoms with Crippen LogP contribution >= 0.6 is 11.6 Å². The lowest BCUT2D eigenvalue weighted by Gasteiger charge is -2.33. The van der Waals surface area contributed by atoms with Crippen molar-refractivity contribution in [3.05, 3.63) is 0 Å². The number of likely N-dealkylation sites (tertiary alicyclic amines) is 1. The van der Waals surface area contributed by atoms with Crippen molar-refractivity contribution in [3.63, 3.8) is 0 Å². The van der Waals surface area contributed by atoms with Crippen molar-refractivity contribution in [1.82, 2.24) is 4.90 Å². The first-order chi connectivity index (χ1) is 7.70. The number of hydrogen-bond donors (Lipinski definition) is 0. The Morgan fingerprint density at radius 2 is 2.19 bits per heavy atom. The van der Waals surface area contributed by atoms with Crippen LogP contribution in [-0.4, -0.2) is 41.8 Å². The number of hydrogen-bond acceptors (Lipinski definition) is 3. The van der Waals surface area contributed by atoms with Crippen molar-refractivity contribution < 1.29 is 14.3 Å². The van der Waals surface area contributed by atoms with E-state index in [0.29, 0.717) is 25.5 Å². The Kier molecular flexibility index (Phi) is 5.60. The molecule has 0 aromatic heterocycles. The molecular weight excluding hydrogens is 230 g/mol. The molecule has 0 saturated carbocycles. The summed E-state index contributed by atoms with van der Waals surface area (Å²) < 4.78 is 4.97. The molecule has 1 aliphatic rings. The van der Waals surface area contributed by atoms with Crippen LogP contribution in [0.5, 0.6) is 0 Å². The van der Waals surface area contributed by atoms with Crippen LogP contribution in [0.3, 0.4) is 0 Å². The van der Waals surface area contributed by atoms with Gasteiger partial charge >= 0.3 is 5.97 Å². The maximum absolute atomic E-state index is 11.8. The molecule has 0 radical (unpaired) electrons. The lowest BCUT2D eigenvalue weighted by atomic mass is 10.0. The van der Waals surface area contributed by atoms with Crippen LogP contribution in [0.25, 0.3) is 0 Å². The number of carbonyl (C=O) groups is 2. The van der Waals surface area contributed by atoms with Gasteiger partial charge in [-0.3, -0.25) is 4.79 Å². The van der Waals surface area contributed by atoms with Gasteiger partial charge in [-0.25, -0.2) is 4.79 Å². The highest BCUT2D eigenvalue weighted by molar-refractivity contribution is 6.18. The largest absolute Gasteiger partial charge is 0.464 e. The van der Waals surface area contributed by atoms with Gasteiger partial charge in [0.05, 0.1) is 6.61 Å². The Labute approximate surface area is 101 Å². The van der Waals surface area contributed by atoms with Gasteiger partial charge in [-0.2, -0.15) is 0 Å². The molecule has 4 nitrogen and oxygen atoms in total. The van der Waals surface area contributed by atoms with Gasteiger partial charge < -0.3 is 9.64 Å². The fourth-order valence-electron chi connectivity index (χ4n) is 1.94.